The first-order valence-electron chi connectivity index (χ1n) is 6.18. The Morgan fingerprint density at radius 3 is 2.62 bits per heavy atom. The largest absolute Gasteiger partial charge is 0.871 e. The van der Waals surface area contributed by atoms with Crippen LogP contribution < -0.4 is 5.11 Å². The van der Waals surface area contributed by atoms with Gasteiger partial charge in [0.05, 0.1) is 10.6 Å². The standard InChI is InChI=1S/C15H14N2O4/c1-9-5-10(2)15(19)13(6-9)16-8-11-7-12(17(20)21)3-4-14(11)18/h3-8,18-19H,1-2H3/p-1. The van der Waals surface area contributed by atoms with Crippen LogP contribution in [0.1, 0.15) is 16.7 Å². The smallest absolute Gasteiger partial charge is 0.270 e. The van der Waals surface area contributed by atoms with E-state index >= 15 is 0 Å². The number of nitrogens with zero attached hydrogens (tertiary/aromatic N) is 2. The van der Waals surface area contributed by atoms with Crippen LogP contribution in [0.5, 0.6) is 11.5 Å². The minimum absolute atomic E-state index is 0.138. The number of nitro benzene ring substituents is 1. The van der Waals surface area contributed by atoms with E-state index in [1.807, 2.05) is 6.92 Å². The first-order valence-corrected chi connectivity index (χ1v) is 6.18. The molecule has 0 heterocycles. The number of aryl methyl sites for hydroxylation is 2. The topological polar surface area (TPSA) is 98.8 Å². The average molecular weight is 285 g/mol. The average Bonchev–Trinajstić information content (AvgIpc) is 2.42. The summed E-state index contributed by atoms with van der Waals surface area (Å²) in [5.74, 6) is -0.344. The predicted molar refractivity (Wildman–Crippen MR) is 77.4 cm³/mol. The lowest BCUT2D eigenvalue weighted by Crippen LogP contribution is -1.95. The lowest BCUT2D eigenvalue weighted by molar-refractivity contribution is -0.384. The molecule has 0 amide bonds. The van der Waals surface area contributed by atoms with E-state index in [9.17, 15) is 20.3 Å². The summed E-state index contributed by atoms with van der Waals surface area (Å²) < 4.78 is 0. The fraction of sp³-hybridized carbons (Fsp3) is 0.133. The maximum atomic E-state index is 11.9. The van der Waals surface area contributed by atoms with Crippen molar-refractivity contribution >= 4 is 17.6 Å². The maximum Gasteiger partial charge on any atom is 0.270 e. The van der Waals surface area contributed by atoms with Gasteiger partial charge in [-0.1, -0.05) is 17.4 Å². The van der Waals surface area contributed by atoms with E-state index in [1.165, 1.54) is 24.4 Å². The fourth-order valence-corrected chi connectivity index (χ4v) is 1.93. The molecule has 0 aliphatic carbocycles. The number of hydrogen-bond donors (Lipinski definition) is 1. The van der Waals surface area contributed by atoms with Crippen molar-refractivity contribution in [3.63, 3.8) is 0 Å². The summed E-state index contributed by atoms with van der Waals surface area (Å²) in [6.07, 6.45) is 1.25. The van der Waals surface area contributed by atoms with Crippen molar-refractivity contribution in [2.24, 2.45) is 4.99 Å². The molecule has 0 atom stereocenters. The van der Waals surface area contributed by atoms with Crippen LogP contribution in [-0.4, -0.2) is 16.2 Å². The van der Waals surface area contributed by atoms with E-state index < -0.39 is 4.92 Å². The van der Waals surface area contributed by atoms with Crippen LogP contribution in [0.15, 0.2) is 35.3 Å². The molecular weight excluding hydrogens is 272 g/mol. The summed E-state index contributed by atoms with van der Waals surface area (Å²) >= 11 is 0. The molecule has 0 aliphatic rings. The Bertz CT molecular complexity index is 739. The normalized spacial score (nSPS) is 11.0. The van der Waals surface area contributed by atoms with Crippen molar-refractivity contribution in [1.29, 1.82) is 0 Å². The summed E-state index contributed by atoms with van der Waals surface area (Å²) in [7, 11) is 0. The number of phenolic OH excluding ortho intramolecular Hbond substituents is 1. The molecule has 0 unspecified atom stereocenters. The Morgan fingerprint density at radius 1 is 1.24 bits per heavy atom. The molecule has 6 nitrogen and oxygen atoms in total. The van der Waals surface area contributed by atoms with Gasteiger partial charge in [-0.2, -0.15) is 0 Å². The van der Waals surface area contributed by atoms with Gasteiger partial charge >= 0.3 is 0 Å². The molecule has 108 valence electrons. The Balaban J connectivity index is 2.42. The number of rotatable bonds is 3. The third-order valence-corrected chi connectivity index (χ3v) is 2.96. The van der Waals surface area contributed by atoms with Crippen molar-refractivity contribution < 1.29 is 15.1 Å². The highest BCUT2D eigenvalue weighted by atomic mass is 16.6. The molecule has 21 heavy (non-hydrogen) atoms. The van der Waals surface area contributed by atoms with Crippen molar-refractivity contribution in [2.75, 3.05) is 0 Å². The van der Waals surface area contributed by atoms with Crippen molar-refractivity contribution in [3.8, 4) is 11.5 Å². The van der Waals surface area contributed by atoms with E-state index in [0.717, 1.165) is 5.56 Å². The van der Waals surface area contributed by atoms with Gasteiger partial charge in [0.2, 0.25) is 0 Å². The van der Waals surface area contributed by atoms with E-state index in [1.54, 1.807) is 19.1 Å². The summed E-state index contributed by atoms with van der Waals surface area (Å²) in [5, 5.41) is 32.3. The lowest BCUT2D eigenvalue weighted by Gasteiger charge is -2.14. The maximum absolute atomic E-state index is 11.9. The Kier molecular flexibility index (Phi) is 3.89. The second-order valence-electron chi connectivity index (χ2n) is 4.69. The molecule has 0 saturated carbocycles. The van der Waals surface area contributed by atoms with Gasteiger partial charge in [0.15, 0.2) is 0 Å². The highest BCUT2D eigenvalue weighted by Gasteiger charge is 2.08. The number of non-ortho nitro benzene ring substituents is 1. The molecule has 0 radical (unpaired) electrons. The molecule has 0 aliphatic heterocycles. The molecule has 0 bridgehead atoms. The van der Waals surface area contributed by atoms with E-state index in [2.05, 4.69) is 4.99 Å². The van der Waals surface area contributed by atoms with Crippen molar-refractivity contribution in [1.82, 2.24) is 0 Å². The predicted octanol–water partition coefficient (Wildman–Crippen LogP) is 2.74. The summed E-state index contributed by atoms with van der Waals surface area (Å²) in [4.78, 5) is 14.2. The first kappa shape index (κ1) is 14.5. The van der Waals surface area contributed by atoms with Crippen LogP contribution in [0.25, 0.3) is 0 Å². The first-order chi connectivity index (χ1) is 9.88. The molecule has 2 aromatic rings. The molecular formula is C15H13N2O4-. The third-order valence-electron chi connectivity index (χ3n) is 2.96. The zero-order valence-corrected chi connectivity index (χ0v) is 11.5. The van der Waals surface area contributed by atoms with Crippen molar-refractivity contribution in [2.45, 2.75) is 13.8 Å². The minimum atomic E-state index is -0.563. The zero-order valence-electron chi connectivity index (χ0n) is 11.5. The van der Waals surface area contributed by atoms with Gasteiger partial charge in [-0.15, -0.1) is 0 Å². The Labute approximate surface area is 121 Å². The molecule has 0 fully saturated rings. The molecule has 6 heteroatoms. The third kappa shape index (κ3) is 3.17. The van der Waals surface area contributed by atoms with Gasteiger partial charge in [-0.3, -0.25) is 15.1 Å². The quantitative estimate of drug-likeness (QED) is 0.532. The second kappa shape index (κ2) is 5.62. The summed E-state index contributed by atoms with van der Waals surface area (Å²) in [6, 6.07) is 7.00. The molecule has 0 aromatic heterocycles. The second-order valence-corrected chi connectivity index (χ2v) is 4.69. The van der Waals surface area contributed by atoms with Crippen LogP contribution in [-0.2, 0) is 0 Å². The summed E-state index contributed by atoms with van der Waals surface area (Å²) in [6.45, 7) is 3.54. The van der Waals surface area contributed by atoms with Crippen LogP contribution in [0.2, 0.25) is 0 Å². The minimum Gasteiger partial charge on any atom is -0.871 e. The summed E-state index contributed by atoms with van der Waals surface area (Å²) in [5.41, 5.74) is 1.73. The van der Waals surface area contributed by atoms with Gasteiger partial charge < -0.3 is 10.2 Å². The fourth-order valence-electron chi connectivity index (χ4n) is 1.93. The Morgan fingerprint density at radius 2 is 1.95 bits per heavy atom. The zero-order chi connectivity index (χ0) is 15.6. The number of aromatic hydroxyl groups is 1. The molecule has 0 spiro atoms. The lowest BCUT2D eigenvalue weighted by atomic mass is 10.1. The number of hydrogen-bond acceptors (Lipinski definition) is 5. The SMILES string of the molecule is Cc1cc(C)c([O-])c(N=Cc2cc([N+](=O)[O-])ccc2O)c1. The van der Waals surface area contributed by atoms with E-state index in [0.29, 0.717) is 5.56 Å². The molecule has 1 N–H and O–H groups in total. The van der Waals surface area contributed by atoms with E-state index in [4.69, 9.17) is 0 Å². The van der Waals surface area contributed by atoms with Crippen molar-refractivity contribution in [3.05, 3.63) is 57.1 Å². The molecule has 0 saturated heterocycles. The van der Waals surface area contributed by atoms with Crippen LogP contribution in [0, 0.1) is 24.0 Å². The van der Waals surface area contributed by atoms with Gasteiger partial charge in [-0.25, -0.2) is 0 Å². The van der Waals surface area contributed by atoms with E-state index in [-0.39, 0.29) is 28.4 Å². The Hall–Kier alpha value is -2.89. The van der Waals surface area contributed by atoms with Crippen LogP contribution in [0.3, 0.4) is 0 Å². The molecule has 2 aromatic carbocycles. The highest BCUT2D eigenvalue weighted by molar-refractivity contribution is 5.87. The monoisotopic (exact) mass is 285 g/mol. The highest BCUT2D eigenvalue weighted by Crippen LogP contribution is 2.29. The van der Waals surface area contributed by atoms with Crippen LogP contribution in [0.4, 0.5) is 11.4 Å². The van der Waals surface area contributed by atoms with Gasteiger partial charge in [0.25, 0.3) is 5.69 Å². The van der Waals surface area contributed by atoms with Gasteiger partial charge in [-0.05, 0) is 31.5 Å². The van der Waals surface area contributed by atoms with Crippen LogP contribution >= 0.6 is 0 Å². The molecule has 2 rings (SSSR count). The number of aliphatic imine (C=N–C) groups is 1. The number of nitro groups is 1. The van der Waals surface area contributed by atoms with Gasteiger partial charge in [0, 0.05) is 23.9 Å². The number of phenols is 1. The number of benzene rings is 2. The van der Waals surface area contributed by atoms with Gasteiger partial charge in [0.1, 0.15) is 5.75 Å².